The lowest BCUT2D eigenvalue weighted by molar-refractivity contribution is -0.136. The smallest absolute Gasteiger partial charge is 0.313 e. The van der Waals surface area contributed by atoms with Crippen molar-refractivity contribution in [2.24, 2.45) is 0 Å². The van der Waals surface area contributed by atoms with Crippen LogP contribution >= 0.6 is 11.3 Å². The molecule has 126 valence electrons. The average molecular weight is 344 g/mol. The van der Waals surface area contributed by atoms with Crippen LogP contribution in [0.5, 0.6) is 0 Å². The second-order valence-electron chi connectivity index (χ2n) is 5.71. The number of anilines is 1. The van der Waals surface area contributed by atoms with Gasteiger partial charge in [0.1, 0.15) is 0 Å². The molecule has 24 heavy (non-hydrogen) atoms. The summed E-state index contributed by atoms with van der Waals surface area (Å²) in [6.45, 7) is 5.66. The summed E-state index contributed by atoms with van der Waals surface area (Å²) in [5, 5.41) is 9.19. The van der Waals surface area contributed by atoms with Crippen LogP contribution in [0.15, 0.2) is 35.0 Å². The van der Waals surface area contributed by atoms with Crippen molar-refractivity contribution < 1.29 is 14.4 Å². The average Bonchev–Trinajstić information content (AvgIpc) is 3.06. The van der Waals surface area contributed by atoms with Gasteiger partial charge in [-0.3, -0.25) is 14.4 Å². The normalized spacial score (nSPS) is 11.6. The Morgan fingerprint density at radius 3 is 2.50 bits per heavy atom. The summed E-state index contributed by atoms with van der Waals surface area (Å²) in [5.74, 6) is -1.29. The summed E-state index contributed by atoms with van der Waals surface area (Å²) in [6.07, 6.45) is 0. The van der Waals surface area contributed by atoms with Crippen LogP contribution in [0.3, 0.4) is 0 Å². The first-order valence-corrected chi connectivity index (χ1v) is 8.55. The van der Waals surface area contributed by atoms with Crippen LogP contribution < -0.4 is 10.6 Å². The number of benzene rings is 1. The van der Waals surface area contributed by atoms with Gasteiger partial charge < -0.3 is 10.6 Å². The molecule has 5 nitrogen and oxygen atoms in total. The predicted octanol–water partition coefficient (Wildman–Crippen LogP) is 3.12. The lowest BCUT2D eigenvalue weighted by Crippen LogP contribution is -2.37. The lowest BCUT2D eigenvalue weighted by atomic mass is 10.0. The molecule has 1 atom stereocenters. The summed E-state index contributed by atoms with van der Waals surface area (Å²) >= 11 is 1.60. The molecule has 0 aliphatic carbocycles. The van der Waals surface area contributed by atoms with E-state index in [0.29, 0.717) is 17.8 Å². The maximum absolute atomic E-state index is 12.0. The zero-order chi connectivity index (χ0) is 17.7. The van der Waals surface area contributed by atoms with Crippen molar-refractivity contribution in [1.29, 1.82) is 0 Å². The highest BCUT2D eigenvalue weighted by Crippen LogP contribution is 2.17. The Kier molecular flexibility index (Phi) is 5.87. The molecule has 1 aromatic carbocycles. The number of ketones is 1. The van der Waals surface area contributed by atoms with Gasteiger partial charge in [0.25, 0.3) is 0 Å². The minimum atomic E-state index is -0.720. The van der Waals surface area contributed by atoms with Crippen molar-refractivity contribution >= 4 is 34.6 Å². The van der Waals surface area contributed by atoms with Crippen LogP contribution in [0.1, 0.15) is 41.3 Å². The van der Waals surface area contributed by atoms with E-state index in [1.54, 1.807) is 36.5 Å². The second-order valence-corrected chi connectivity index (χ2v) is 6.49. The highest BCUT2D eigenvalue weighted by molar-refractivity contribution is 7.07. The first-order valence-electron chi connectivity index (χ1n) is 7.61. The first-order chi connectivity index (χ1) is 11.4. The summed E-state index contributed by atoms with van der Waals surface area (Å²) in [5.41, 5.74) is 2.98. The van der Waals surface area contributed by atoms with E-state index in [9.17, 15) is 14.4 Å². The number of rotatable bonds is 5. The molecule has 0 aliphatic heterocycles. The number of amides is 2. The molecule has 0 spiro atoms. The summed E-state index contributed by atoms with van der Waals surface area (Å²) < 4.78 is 0. The van der Waals surface area contributed by atoms with Gasteiger partial charge in [-0.25, -0.2) is 0 Å². The number of hydrogen-bond donors (Lipinski definition) is 2. The number of nitrogens with one attached hydrogen (secondary N) is 2. The molecule has 0 fully saturated rings. The molecule has 6 heteroatoms. The second kappa shape index (κ2) is 7.88. The number of aryl methyl sites for hydroxylation is 1. The number of carbonyl (C=O) groups excluding carboxylic acids is 3. The van der Waals surface area contributed by atoms with E-state index in [4.69, 9.17) is 0 Å². The molecule has 0 saturated carbocycles. The van der Waals surface area contributed by atoms with Gasteiger partial charge >= 0.3 is 11.8 Å². The predicted molar refractivity (Wildman–Crippen MR) is 95.6 cm³/mol. The van der Waals surface area contributed by atoms with Gasteiger partial charge in [-0.1, -0.05) is 6.92 Å². The van der Waals surface area contributed by atoms with Gasteiger partial charge in [-0.2, -0.15) is 11.3 Å². The van der Waals surface area contributed by atoms with E-state index in [-0.39, 0.29) is 11.7 Å². The summed E-state index contributed by atoms with van der Waals surface area (Å²) in [6, 6.07) is 6.93. The number of hydrogen-bond acceptors (Lipinski definition) is 4. The topological polar surface area (TPSA) is 75.3 Å². The van der Waals surface area contributed by atoms with E-state index in [2.05, 4.69) is 10.6 Å². The molecule has 0 saturated heterocycles. The Balaban J connectivity index is 1.91. The molecule has 1 aromatic heterocycles. The Bertz CT molecular complexity index is 754. The molecule has 0 unspecified atom stereocenters. The Morgan fingerprint density at radius 2 is 1.92 bits per heavy atom. The molecular weight excluding hydrogens is 324 g/mol. The standard InChI is InChI=1S/C18H20N2O3S/c1-11-8-15(4-5-16(11)13(3)21)20-18(23)17(22)19-9-12(2)14-6-7-24-10-14/h4-8,10,12H,9H2,1-3H3,(H,19,22)(H,20,23)/t12-/m0/s1. The van der Waals surface area contributed by atoms with E-state index in [0.717, 1.165) is 11.1 Å². The molecule has 2 amide bonds. The molecule has 0 aliphatic rings. The molecule has 0 bridgehead atoms. The van der Waals surface area contributed by atoms with Crippen molar-refractivity contribution in [2.45, 2.75) is 26.7 Å². The third-order valence-corrected chi connectivity index (χ3v) is 4.45. The molecule has 0 radical (unpaired) electrons. The van der Waals surface area contributed by atoms with E-state index < -0.39 is 11.8 Å². The summed E-state index contributed by atoms with van der Waals surface area (Å²) in [7, 11) is 0. The van der Waals surface area contributed by atoms with Crippen LogP contribution in [0.2, 0.25) is 0 Å². The minimum absolute atomic E-state index is 0.0365. The fraction of sp³-hybridized carbons (Fsp3) is 0.278. The van der Waals surface area contributed by atoms with Crippen LogP contribution in [0.4, 0.5) is 5.69 Å². The maximum Gasteiger partial charge on any atom is 0.313 e. The molecule has 2 aromatic rings. The van der Waals surface area contributed by atoms with Crippen LogP contribution in [-0.4, -0.2) is 24.1 Å². The highest BCUT2D eigenvalue weighted by Gasteiger charge is 2.16. The lowest BCUT2D eigenvalue weighted by Gasteiger charge is -2.12. The van der Waals surface area contributed by atoms with Crippen LogP contribution in [-0.2, 0) is 9.59 Å². The zero-order valence-electron chi connectivity index (χ0n) is 13.9. The van der Waals surface area contributed by atoms with Gasteiger partial charge in [0.05, 0.1) is 0 Å². The Hall–Kier alpha value is -2.47. The third-order valence-electron chi connectivity index (χ3n) is 3.75. The van der Waals surface area contributed by atoms with Gasteiger partial charge in [0, 0.05) is 17.8 Å². The third kappa shape index (κ3) is 4.52. The van der Waals surface area contributed by atoms with Crippen molar-refractivity contribution in [3.63, 3.8) is 0 Å². The first kappa shape index (κ1) is 17.9. The Morgan fingerprint density at radius 1 is 1.17 bits per heavy atom. The number of thiophene rings is 1. The monoisotopic (exact) mass is 344 g/mol. The molecule has 2 N–H and O–H groups in total. The fourth-order valence-corrected chi connectivity index (χ4v) is 3.11. The molecule has 1 heterocycles. The Labute approximate surface area is 145 Å². The van der Waals surface area contributed by atoms with Crippen molar-refractivity contribution in [3.05, 3.63) is 51.7 Å². The van der Waals surface area contributed by atoms with Crippen molar-refractivity contribution in [3.8, 4) is 0 Å². The SMILES string of the molecule is CC(=O)c1ccc(NC(=O)C(=O)NC[C@H](C)c2ccsc2)cc1C. The van der Waals surface area contributed by atoms with Crippen LogP contribution in [0, 0.1) is 6.92 Å². The number of Topliss-reactive ketones (excluding diaryl/α,β-unsaturated/α-hetero) is 1. The van der Waals surface area contributed by atoms with Crippen molar-refractivity contribution in [2.75, 3.05) is 11.9 Å². The van der Waals surface area contributed by atoms with E-state index >= 15 is 0 Å². The maximum atomic E-state index is 12.0. The van der Waals surface area contributed by atoms with Gasteiger partial charge in [0.2, 0.25) is 0 Å². The highest BCUT2D eigenvalue weighted by atomic mass is 32.1. The minimum Gasteiger partial charge on any atom is -0.347 e. The van der Waals surface area contributed by atoms with Crippen molar-refractivity contribution in [1.82, 2.24) is 5.32 Å². The van der Waals surface area contributed by atoms with Gasteiger partial charge in [-0.05, 0) is 65.9 Å². The number of carbonyl (C=O) groups is 3. The van der Waals surface area contributed by atoms with Gasteiger partial charge in [-0.15, -0.1) is 0 Å². The van der Waals surface area contributed by atoms with E-state index in [1.807, 2.05) is 23.8 Å². The largest absolute Gasteiger partial charge is 0.347 e. The molecular formula is C18H20N2O3S. The van der Waals surface area contributed by atoms with E-state index in [1.165, 1.54) is 6.92 Å². The quantitative estimate of drug-likeness (QED) is 0.646. The zero-order valence-corrected chi connectivity index (χ0v) is 14.7. The summed E-state index contributed by atoms with van der Waals surface area (Å²) in [4.78, 5) is 35.3. The van der Waals surface area contributed by atoms with Crippen LogP contribution in [0.25, 0.3) is 0 Å². The van der Waals surface area contributed by atoms with Gasteiger partial charge in [0.15, 0.2) is 5.78 Å². The fourth-order valence-electron chi connectivity index (χ4n) is 2.32. The molecule has 2 rings (SSSR count).